The highest BCUT2D eigenvalue weighted by molar-refractivity contribution is 7.98. The van der Waals surface area contributed by atoms with Crippen LogP contribution in [0.2, 0.25) is 0 Å². The molecule has 0 spiro atoms. The summed E-state index contributed by atoms with van der Waals surface area (Å²) >= 11 is 1.58. The second kappa shape index (κ2) is 13.4. The number of rotatable bonds is 13. The number of hydrogen-bond donors (Lipinski definition) is 5. The van der Waals surface area contributed by atoms with Gasteiger partial charge in [-0.25, -0.2) is 4.79 Å². The number of thioether (sulfide) groups is 1. The van der Waals surface area contributed by atoms with Crippen LogP contribution in [0.1, 0.15) is 38.5 Å². The summed E-state index contributed by atoms with van der Waals surface area (Å²) in [5, 5.41) is 14.4. The summed E-state index contributed by atoms with van der Waals surface area (Å²) in [5.74, 6) is -1.65. The zero-order valence-electron chi connectivity index (χ0n) is 16.9. The zero-order chi connectivity index (χ0) is 21.8. The lowest BCUT2D eigenvalue weighted by atomic mass is 10.1. The van der Waals surface area contributed by atoms with Crippen LogP contribution in [-0.4, -0.2) is 83.5 Å². The van der Waals surface area contributed by atoms with E-state index in [1.165, 1.54) is 4.90 Å². The molecule has 3 unspecified atom stereocenters. The Morgan fingerprint density at radius 2 is 1.97 bits per heavy atom. The third kappa shape index (κ3) is 8.58. The molecule has 7 N–H and O–H groups in total. The molecule has 0 aromatic heterocycles. The predicted octanol–water partition coefficient (Wildman–Crippen LogP) is -1.13. The number of likely N-dealkylation sites (tertiary alicyclic amines) is 1. The molecule has 1 aliphatic rings. The summed E-state index contributed by atoms with van der Waals surface area (Å²) in [6.45, 7) is 0.600. The summed E-state index contributed by atoms with van der Waals surface area (Å²) in [5.41, 5.74) is 11.2. The molecule has 0 saturated carbocycles. The van der Waals surface area contributed by atoms with Crippen molar-refractivity contribution in [2.75, 3.05) is 31.6 Å². The summed E-state index contributed by atoms with van der Waals surface area (Å²) in [7, 11) is 0. The normalized spacial score (nSPS) is 18.2. The molecular weight excluding hydrogens is 398 g/mol. The van der Waals surface area contributed by atoms with E-state index >= 15 is 0 Å². The third-order valence-corrected chi connectivity index (χ3v) is 5.46. The Balaban J connectivity index is 2.57. The van der Waals surface area contributed by atoms with Gasteiger partial charge in [-0.05, 0) is 57.1 Å². The number of carboxylic acids is 1. The first-order chi connectivity index (χ1) is 13.8. The number of aliphatic carboxylic acids is 1. The molecular formula is C18H33N5O5S. The molecule has 0 aromatic rings. The summed E-state index contributed by atoms with van der Waals surface area (Å²) in [4.78, 5) is 49.8. The van der Waals surface area contributed by atoms with Crippen molar-refractivity contribution in [1.29, 1.82) is 0 Å². The molecule has 1 rings (SSSR count). The van der Waals surface area contributed by atoms with Gasteiger partial charge in [0.05, 0.1) is 12.6 Å². The van der Waals surface area contributed by atoms with E-state index in [2.05, 4.69) is 10.6 Å². The molecule has 166 valence electrons. The molecule has 11 heteroatoms. The Labute approximate surface area is 175 Å². The summed E-state index contributed by atoms with van der Waals surface area (Å²) < 4.78 is 0. The molecule has 1 heterocycles. The molecule has 1 fully saturated rings. The van der Waals surface area contributed by atoms with Gasteiger partial charge >= 0.3 is 5.97 Å². The molecule has 29 heavy (non-hydrogen) atoms. The van der Waals surface area contributed by atoms with Crippen LogP contribution in [0, 0.1) is 0 Å². The lowest BCUT2D eigenvalue weighted by Gasteiger charge is -2.26. The number of hydrogen-bond acceptors (Lipinski definition) is 7. The Bertz CT molecular complexity index is 577. The maximum Gasteiger partial charge on any atom is 0.326 e. The monoisotopic (exact) mass is 431 g/mol. The number of nitrogens with one attached hydrogen (secondary N) is 2. The van der Waals surface area contributed by atoms with E-state index in [1.54, 1.807) is 11.8 Å². The van der Waals surface area contributed by atoms with E-state index < -0.39 is 35.9 Å². The fourth-order valence-electron chi connectivity index (χ4n) is 3.13. The molecule has 1 aliphatic heterocycles. The number of carbonyl (C=O) groups excluding carboxylic acids is 3. The van der Waals surface area contributed by atoms with Crippen LogP contribution in [0.25, 0.3) is 0 Å². The third-order valence-electron chi connectivity index (χ3n) is 4.82. The van der Waals surface area contributed by atoms with Gasteiger partial charge in [0.1, 0.15) is 12.1 Å². The lowest BCUT2D eigenvalue weighted by molar-refractivity contribution is -0.144. The second-order valence-corrected chi connectivity index (χ2v) is 8.02. The van der Waals surface area contributed by atoms with Crippen molar-refractivity contribution in [2.45, 2.75) is 56.7 Å². The maximum atomic E-state index is 12.6. The zero-order valence-corrected chi connectivity index (χ0v) is 17.7. The average molecular weight is 432 g/mol. The van der Waals surface area contributed by atoms with Crippen LogP contribution in [0.3, 0.4) is 0 Å². The molecule has 3 amide bonds. The van der Waals surface area contributed by atoms with Gasteiger partial charge in [0.2, 0.25) is 17.7 Å². The first-order valence-corrected chi connectivity index (χ1v) is 11.3. The van der Waals surface area contributed by atoms with Gasteiger partial charge in [-0.2, -0.15) is 11.8 Å². The second-order valence-electron chi connectivity index (χ2n) is 7.03. The Kier molecular flexibility index (Phi) is 11.6. The van der Waals surface area contributed by atoms with Crippen LogP contribution in [0.15, 0.2) is 0 Å². The molecule has 0 aliphatic carbocycles. The van der Waals surface area contributed by atoms with E-state index in [0.29, 0.717) is 45.2 Å². The molecule has 3 atom stereocenters. The largest absolute Gasteiger partial charge is 0.480 e. The number of amides is 3. The van der Waals surface area contributed by atoms with Crippen LogP contribution in [-0.2, 0) is 19.2 Å². The number of unbranched alkanes of at least 4 members (excludes halogenated alkanes) is 1. The standard InChI is InChI=1S/C18H33N5O5S/c1-29-10-7-12(20)16(25)21-11-15(24)23-9-4-6-14(23)17(26)22-13(18(27)28)5-2-3-8-19/h12-14H,2-11,19-20H2,1H3,(H,21,25)(H,22,26)(H,27,28). The Hall–Kier alpha value is -1.85. The Morgan fingerprint density at radius 3 is 2.59 bits per heavy atom. The highest BCUT2D eigenvalue weighted by Crippen LogP contribution is 2.18. The first-order valence-electron chi connectivity index (χ1n) is 9.86. The van der Waals surface area contributed by atoms with Crippen molar-refractivity contribution in [2.24, 2.45) is 11.5 Å². The van der Waals surface area contributed by atoms with Gasteiger partial charge in [0.15, 0.2) is 0 Å². The van der Waals surface area contributed by atoms with Crippen molar-refractivity contribution < 1.29 is 24.3 Å². The van der Waals surface area contributed by atoms with Crippen molar-refractivity contribution in [3.63, 3.8) is 0 Å². The molecule has 0 bridgehead atoms. The molecule has 0 radical (unpaired) electrons. The van der Waals surface area contributed by atoms with Crippen molar-refractivity contribution in [3.05, 3.63) is 0 Å². The van der Waals surface area contributed by atoms with E-state index in [-0.39, 0.29) is 18.9 Å². The maximum absolute atomic E-state index is 12.6. The number of carboxylic acid groups (broad SMARTS) is 1. The van der Waals surface area contributed by atoms with E-state index in [0.717, 1.165) is 5.75 Å². The number of carbonyl (C=O) groups is 4. The fourth-order valence-corrected chi connectivity index (χ4v) is 3.62. The van der Waals surface area contributed by atoms with Gasteiger partial charge in [-0.15, -0.1) is 0 Å². The molecule has 10 nitrogen and oxygen atoms in total. The van der Waals surface area contributed by atoms with Crippen molar-refractivity contribution in [1.82, 2.24) is 15.5 Å². The van der Waals surface area contributed by atoms with Crippen LogP contribution in [0.4, 0.5) is 0 Å². The minimum Gasteiger partial charge on any atom is -0.480 e. The first kappa shape index (κ1) is 25.2. The van der Waals surface area contributed by atoms with Crippen molar-refractivity contribution >= 4 is 35.5 Å². The van der Waals surface area contributed by atoms with E-state index in [9.17, 15) is 24.3 Å². The quantitative estimate of drug-likeness (QED) is 0.228. The van der Waals surface area contributed by atoms with Gasteiger partial charge in [0, 0.05) is 6.54 Å². The molecule has 1 saturated heterocycles. The number of nitrogens with zero attached hydrogens (tertiary/aromatic N) is 1. The van der Waals surface area contributed by atoms with Gasteiger partial charge in [-0.1, -0.05) is 0 Å². The van der Waals surface area contributed by atoms with Gasteiger partial charge in [-0.3, -0.25) is 14.4 Å². The van der Waals surface area contributed by atoms with Gasteiger partial charge in [0.25, 0.3) is 0 Å². The smallest absolute Gasteiger partial charge is 0.326 e. The SMILES string of the molecule is CSCCC(N)C(=O)NCC(=O)N1CCCC1C(=O)NC(CCCCN)C(=O)O. The van der Waals surface area contributed by atoms with Gasteiger partial charge < -0.3 is 32.1 Å². The van der Waals surface area contributed by atoms with Crippen LogP contribution >= 0.6 is 11.8 Å². The topological polar surface area (TPSA) is 168 Å². The van der Waals surface area contributed by atoms with E-state index in [4.69, 9.17) is 11.5 Å². The summed E-state index contributed by atoms with van der Waals surface area (Å²) in [6.07, 6.45) is 5.06. The number of nitrogens with two attached hydrogens (primary N) is 2. The average Bonchev–Trinajstić information content (AvgIpc) is 3.19. The van der Waals surface area contributed by atoms with Crippen LogP contribution in [0.5, 0.6) is 0 Å². The Morgan fingerprint density at radius 1 is 1.24 bits per heavy atom. The predicted molar refractivity (Wildman–Crippen MR) is 111 cm³/mol. The molecule has 0 aromatic carbocycles. The highest BCUT2D eigenvalue weighted by atomic mass is 32.2. The fraction of sp³-hybridized carbons (Fsp3) is 0.778. The minimum atomic E-state index is -1.11. The highest BCUT2D eigenvalue weighted by Gasteiger charge is 2.35. The van der Waals surface area contributed by atoms with Crippen molar-refractivity contribution in [3.8, 4) is 0 Å². The minimum absolute atomic E-state index is 0.242. The van der Waals surface area contributed by atoms with Crippen LogP contribution < -0.4 is 22.1 Å². The summed E-state index contributed by atoms with van der Waals surface area (Å²) in [6, 6.07) is -2.43. The van der Waals surface area contributed by atoms with E-state index in [1.807, 2.05) is 6.26 Å². The lowest BCUT2D eigenvalue weighted by Crippen LogP contribution is -2.53.